The SMILES string of the molecule is Cc1ncsc1-c1ccc(CNC(=O)[C@@H]2CCCN2C(=O)C(NC=O)C(C)(C)C)c(OCCCN2CCN(C(=O)CC(=O)Nc3cccc(Sc4cnc(N5CCC(C)(CN)CC5)cn4)c3Cl)CC2)c1. The number of anilines is 2. The number of carbonyl (C=O) groups is 5. The van der Waals surface area contributed by atoms with Gasteiger partial charge < -0.3 is 41.1 Å². The molecular formula is C50H66ClN11O6S2. The fourth-order valence-corrected chi connectivity index (χ4v) is 10.9. The Hall–Kier alpha value is -5.34. The summed E-state index contributed by atoms with van der Waals surface area (Å²) in [6, 6.07) is 9.92. The van der Waals surface area contributed by atoms with E-state index in [0.29, 0.717) is 91.5 Å². The molecule has 0 aliphatic carbocycles. The molecule has 5 N–H and O–H groups in total. The number of ether oxygens (including phenoxy) is 1. The lowest BCUT2D eigenvalue weighted by Crippen LogP contribution is -2.56. The molecule has 70 heavy (non-hydrogen) atoms. The topological polar surface area (TPSA) is 208 Å². The van der Waals surface area contributed by atoms with E-state index in [4.69, 9.17) is 22.1 Å². The van der Waals surface area contributed by atoms with E-state index in [0.717, 1.165) is 66.4 Å². The number of hydrogen-bond donors (Lipinski definition) is 4. The third-order valence-electron chi connectivity index (χ3n) is 13.5. The van der Waals surface area contributed by atoms with Gasteiger partial charge in [0.1, 0.15) is 35.1 Å². The summed E-state index contributed by atoms with van der Waals surface area (Å²) in [5.74, 6) is 0.281. The van der Waals surface area contributed by atoms with Crippen LogP contribution in [0.1, 0.15) is 77.5 Å². The van der Waals surface area contributed by atoms with E-state index in [1.807, 2.05) is 57.5 Å². The zero-order chi connectivity index (χ0) is 50.0. The molecule has 0 radical (unpaired) electrons. The number of nitrogens with zero attached hydrogens (tertiary/aromatic N) is 7. The molecule has 2 atom stereocenters. The van der Waals surface area contributed by atoms with Crippen molar-refractivity contribution in [2.45, 2.75) is 102 Å². The first-order valence-corrected chi connectivity index (χ1v) is 26.1. The fraction of sp³-hybridized carbons (Fsp3) is 0.520. The van der Waals surface area contributed by atoms with Crippen LogP contribution in [0, 0.1) is 17.8 Å². The highest BCUT2D eigenvalue weighted by Crippen LogP contribution is 2.38. The number of aromatic nitrogens is 3. The van der Waals surface area contributed by atoms with Gasteiger partial charge in [-0.25, -0.2) is 15.0 Å². The molecule has 2 aromatic carbocycles. The zero-order valence-corrected chi connectivity index (χ0v) is 43.2. The summed E-state index contributed by atoms with van der Waals surface area (Å²) in [4.78, 5) is 88.2. The molecule has 3 saturated heterocycles. The van der Waals surface area contributed by atoms with Crippen molar-refractivity contribution in [1.29, 1.82) is 0 Å². The van der Waals surface area contributed by atoms with Gasteiger partial charge in [-0.05, 0) is 80.2 Å². The molecule has 0 saturated carbocycles. The van der Waals surface area contributed by atoms with E-state index in [9.17, 15) is 24.0 Å². The lowest BCUT2D eigenvalue weighted by molar-refractivity contribution is -0.142. The molecule has 3 aliphatic rings. The molecule has 7 rings (SSSR count). The average Bonchev–Trinajstić information content (AvgIpc) is 4.03. The fourth-order valence-electron chi connectivity index (χ4n) is 9.02. The Balaban J connectivity index is 0.860. The van der Waals surface area contributed by atoms with Gasteiger partial charge in [0.05, 0.1) is 45.8 Å². The normalized spacial score (nSPS) is 17.8. The molecule has 4 aromatic rings. The lowest BCUT2D eigenvalue weighted by Gasteiger charge is -2.39. The van der Waals surface area contributed by atoms with E-state index >= 15 is 0 Å². The summed E-state index contributed by atoms with van der Waals surface area (Å²) < 4.78 is 6.42. The van der Waals surface area contributed by atoms with Crippen LogP contribution < -0.4 is 31.3 Å². The summed E-state index contributed by atoms with van der Waals surface area (Å²) in [7, 11) is 0. The van der Waals surface area contributed by atoms with Crippen LogP contribution in [0.15, 0.2) is 64.2 Å². The second kappa shape index (κ2) is 23.7. The maximum atomic E-state index is 13.6. The highest BCUT2D eigenvalue weighted by Gasteiger charge is 2.41. The third kappa shape index (κ3) is 13.3. The summed E-state index contributed by atoms with van der Waals surface area (Å²) in [5.41, 5.74) is 10.5. The number of likely N-dealkylation sites (tertiary alicyclic amines) is 1. The van der Waals surface area contributed by atoms with Gasteiger partial charge in [-0.1, -0.05) is 69.3 Å². The van der Waals surface area contributed by atoms with Crippen LogP contribution in [0.5, 0.6) is 5.75 Å². The summed E-state index contributed by atoms with van der Waals surface area (Å²) in [6.45, 7) is 16.4. The molecule has 2 aromatic heterocycles. The minimum Gasteiger partial charge on any atom is -0.493 e. The van der Waals surface area contributed by atoms with Gasteiger partial charge in [-0.3, -0.25) is 28.9 Å². The second-order valence-corrected chi connectivity index (χ2v) is 22.0. The highest BCUT2D eigenvalue weighted by atomic mass is 35.5. The van der Waals surface area contributed by atoms with E-state index < -0.39 is 23.4 Å². The molecule has 5 amide bonds. The van der Waals surface area contributed by atoms with Crippen LogP contribution in [0.2, 0.25) is 5.02 Å². The lowest BCUT2D eigenvalue weighted by atomic mass is 9.80. The average molecular weight is 1020 g/mol. The molecule has 0 bridgehead atoms. The van der Waals surface area contributed by atoms with Gasteiger partial charge in [0.2, 0.25) is 30.0 Å². The van der Waals surface area contributed by atoms with Crippen molar-refractivity contribution < 1.29 is 28.7 Å². The van der Waals surface area contributed by atoms with Crippen molar-refractivity contribution in [2.24, 2.45) is 16.6 Å². The Morgan fingerprint density at radius 2 is 1.80 bits per heavy atom. The van der Waals surface area contributed by atoms with Crippen molar-refractivity contribution in [1.82, 2.24) is 40.3 Å². The van der Waals surface area contributed by atoms with Gasteiger partial charge >= 0.3 is 0 Å². The number of carbonyl (C=O) groups excluding carboxylic acids is 5. The van der Waals surface area contributed by atoms with E-state index in [1.165, 1.54) is 11.8 Å². The standard InChI is InChI=1S/C50H66ClN11O6S2/c1-33-45(69-32-57-33)34-12-13-35(27-55-47(66)37-10-7-17-62(37)48(67)46(56-31-63)49(2,3)4)38(25-34)68-24-8-16-59-20-22-61(23-21-59)43(65)26-41(64)58-36-9-6-11-39(44(36)51)70-42-29-53-40(28-54-42)60-18-14-50(5,30-52)15-19-60/h6,9,11-13,25,28-29,31-32,37,46H,7-8,10,14-24,26-27,30,52H2,1-5H3,(H,55,66)(H,56,63)(H,58,64)/t37-,46?/m0/s1. The largest absolute Gasteiger partial charge is 0.493 e. The molecule has 17 nitrogen and oxygen atoms in total. The van der Waals surface area contributed by atoms with E-state index in [1.54, 1.807) is 45.7 Å². The maximum absolute atomic E-state index is 13.6. The number of rotatable bonds is 19. The van der Waals surface area contributed by atoms with Gasteiger partial charge in [0, 0.05) is 69.4 Å². The summed E-state index contributed by atoms with van der Waals surface area (Å²) in [6.07, 6.45) is 7.71. The number of benzene rings is 2. The summed E-state index contributed by atoms with van der Waals surface area (Å²) >= 11 is 9.67. The number of nitrogens with two attached hydrogens (primary N) is 1. The Labute approximate surface area is 424 Å². The number of hydrogen-bond acceptors (Lipinski definition) is 14. The minimum absolute atomic E-state index is 0.165. The number of aryl methyl sites for hydroxylation is 1. The second-order valence-electron chi connectivity index (χ2n) is 19.7. The number of halogens is 1. The van der Waals surface area contributed by atoms with Crippen molar-refractivity contribution in [3.63, 3.8) is 0 Å². The first-order valence-electron chi connectivity index (χ1n) is 24.0. The third-order valence-corrected chi connectivity index (χ3v) is 16.0. The molecule has 3 aliphatic heterocycles. The van der Waals surface area contributed by atoms with Crippen LogP contribution in [-0.2, 0) is 30.5 Å². The Bertz CT molecular complexity index is 2470. The van der Waals surface area contributed by atoms with Gasteiger partial charge in [-0.2, -0.15) is 0 Å². The van der Waals surface area contributed by atoms with Gasteiger partial charge in [0.25, 0.3) is 0 Å². The van der Waals surface area contributed by atoms with Gasteiger partial charge in [-0.15, -0.1) is 11.3 Å². The molecular weight excluding hydrogens is 950 g/mol. The van der Waals surface area contributed by atoms with Gasteiger partial charge in [0.15, 0.2) is 0 Å². The summed E-state index contributed by atoms with van der Waals surface area (Å²) in [5, 5.41) is 9.58. The number of nitrogens with one attached hydrogen (secondary N) is 3. The van der Waals surface area contributed by atoms with E-state index in [-0.39, 0.29) is 36.1 Å². The van der Waals surface area contributed by atoms with Crippen LogP contribution in [-0.4, -0.2) is 137 Å². The van der Waals surface area contributed by atoms with Crippen molar-refractivity contribution >= 4 is 76.2 Å². The molecule has 376 valence electrons. The Kier molecular flexibility index (Phi) is 17.8. The predicted octanol–water partition coefficient (Wildman–Crippen LogP) is 5.99. The highest BCUT2D eigenvalue weighted by molar-refractivity contribution is 7.99. The van der Waals surface area contributed by atoms with Crippen LogP contribution >= 0.6 is 34.7 Å². The molecule has 1 unspecified atom stereocenters. The van der Waals surface area contributed by atoms with Crippen molar-refractivity contribution in [3.05, 3.63) is 70.6 Å². The quantitative estimate of drug-likeness (QED) is 0.0485. The van der Waals surface area contributed by atoms with Crippen molar-refractivity contribution in [2.75, 3.05) is 75.7 Å². The van der Waals surface area contributed by atoms with E-state index in [2.05, 4.69) is 47.6 Å². The van der Waals surface area contributed by atoms with Crippen LogP contribution in [0.25, 0.3) is 10.4 Å². The molecule has 0 spiro atoms. The maximum Gasteiger partial charge on any atom is 0.246 e. The first-order chi connectivity index (χ1) is 33.6. The Morgan fingerprint density at radius 3 is 2.47 bits per heavy atom. The number of piperidine rings is 1. The molecule has 5 heterocycles. The molecule has 3 fully saturated rings. The predicted molar refractivity (Wildman–Crippen MR) is 274 cm³/mol. The van der Waals surface area contributed by atoms with Crippen molar-refractivity contribution in [3.8, 4) is 16.2 Å². The minimum atomic E-state index is -0.751. The first kappa shape index (κ1) is 52.5. The molecule has 20 heteroatoms. The number of amides is 5. The smallest absolute Gasteiger partial charge is 0.246 e. The Morgan fingerprint density at radius 1 is 1.03 bits per heavy atom. The monoisotopic (exact) mass is 1020 g/mol. The van der Waals surface area contributed by atoms with Crippen LogP contribution in [0.3, 0.4) is 0 Å². The van der Waals surface area contributed by atoms with Crippen LogP contribution in [0.4, 0.5) is 11.5 Å². The number of piperazine rings is 1. The number of thiazole rings is 1. The zero-order valence-electron chi connectivity index (χ0n) is 40.8.